The highest BCUT2D eigenvalue weighted by Crippen LogP contribution is 2.36. The van der Waals surface area contributed by atoms with E-state index in [2.05, 4.69) is 98.2 Å². The van der Waals surface area contributed by atoms with Crippen LogP contribution in [0.4, 0.5) is 5.69 Å². The molecule has 1 aromatic heterocycles. The second-order valence-electron chi connectivity index (χ2n) is 6.82. The molecular weight excluding hydrogens is 306 g/mol. The lowest BCUT2D eigenvalue weighted by Gasteiger charge is -2.31. The number of hydrogen-bond acceptors (Lipinski definition) is 2. The lowest BCUT2D eigenvalue weighted by atomic mass is 9.94. The highest BCUT2D eigenvalue weighted by atomic mass is 15.1. The van der Waals surface area contributed by atoms with Crippen molar-refractivity contribution in [2.75, 3.05) is 32.1 Å². The summed E-state index contributed by atoms with van der Waals surface area (Å²) in [5.74, 6) is 0. The topological polar surface area (TPSA) is 22.3 Å². The van der Waals surface area contributed by atoms with Gasteiger partial charge in [-0.2, -0.15) is 0 Å². The molecule has 3 heteroatoms. The van der Waals surface area contributed by atoms with Crippen molar-refractivity contribution in [2.45, 2.75) is 26.8 Å². The van der Waals surface area contributed by atoms with E-state index in [-0.39, 0.29) is 6.04 Å². The third-order valence-corrected chi connectivity index (χ3v) is 5.12. The summed E-state index contributed by atoms with van der Waals surface area (Å²) in [6.45, 7) is 8.73. The summed E-state index contributed by atoms with van der Waals surface area (Å²) < 4.78 is 0. The highest BCUT2D eigenvalue weighted by Gasteiger charge is 2.25. The molecule has 3 aromatic rings. The zero-order chi connectivity index (χ0) is 18.0. The maximum absolute atomic E-state index is 3.58. The molecule has 0 radical (unpaired) electrons. The van der Waals surface area contributed by atoms with Gasteiger partial charge in [-0.05, 0) is 43.8 Å². The molecule has 1 heterocycles. The number of aryl methyl sites for hydroxylation is 1. The molecule has 0 aliphatic heterocycles. The quantitative estimate of drug-likeness (QED) is 0.687. The second-order valence-corrected chi connectivity index (χ2v) is 6.82. The molecule has 0 aliphatic carbocycles. The van der Waals surface area contributed by atoms with Gasteiger partial charge in [0.1, 0.15) is 0 Å². The van der Waals surface area contributed by atoms with E-state index < -0.39 is 0 Å². The lowest BCUT2D eigenvalue weighted by Crippen LogP contribution is -2.29. The van der Waals surface area contributed by atoms with E-state index in [1.807, 2.05) is 0 Å². The number of anilines is 1. The van der Waals surface area contributed by atoms with Gasteiger partial charge in [-0.1, -0.05) is 44.2 Å². The molecule has 0 amide bonds. The Morgan fingerprint density at radius 1 is 0.920 bits per heavy atom. The Morgan fingerprint density at radius 3 is 2.16 bits per heavy atom. The molecule has 0 saturated carbocycles. The van der Waals surface area contributed by atoms with Crippen LogP contribution in [0.2, 0.25) is 0 Å². The Hall–Kier alpha value is -2.26. The maximum atomic E-state index is 3.58. The van der Waals surface area contributed by atoms with Crippen LogP contribution in [-0.2, 0) is 0 Å². The molecule has 0 bridgehead atoms. The van der Waals surface area contributed by atoms with E-state index in [4.69, 9.17) is 0 Å². The number of fused-ring (bicyclic) bond motifs is 1. The Labute approximate surface area is 151 Å². The summed E-state index contributed by atoms with van der Waals surface area (Å²) in [5, 5.41) is 1.33. The fourth-order valence-corrected chi connectivity index (χ4v) is 3.75. The van der Waals surface area contributed by atoms with Gasteiger partial charge >= 0.3 is 0 Å². The number of rotatable bonds is 6. The van der Waals surface area contributed by atoms with E-state index in [0.29, 0.717) is 0 Å². The van der Waals surface area contributed by atoms with Crippen LogP contribution in [-0.4, -0.2) is 37.1 Å². The molecule has 132 valence electrons. The maximum Gasteiger partial charge on any atom is 0.0625 e. The summed E-state index contributed by atoms with van der Waals surface area (Å²) in [6, 6.07) is 17.9. The summed E-state index contributed by atoms with van der Waals surface area (Å²) in [7, 11) is 4.17. The third-order valence-electron chi connectivity index (χ3n) is 5.12. The van der Waals surface area contributed by atoms with Gasteiger partial charge in [-0.25, -0.2) is 0 Å². The molecule has 25 heavy (non-hydrogen) atoms. The summed E-state index contributed by atoms with van der Waals surface area (Å²) in [4.78, 5) is 8.26. The van der Waals surface area contributed by atoms with Crippen LogP contribution >= 0.6 is 0 Å². The number of para-hydroxylation sites is 1. The van der Waals surface area contributed by atoms with Crippen LogP contribution in [0.25, 0.3) is 10.9 Å². The summed E-state index contributed by atoms with van der Waals surface area (Å²) in [5.41, 5.74) is 6.46. The lowest BCUT2D eigenvalue weighted by molar-refractivity contribution is 0.251. The molecule has 3 rings (SSSR count). The Kier molecular flexibility index (Phi) is 5.14. The van der Waals surface area contributed by atoms with Crippen LogP contribution < -0.4 is 4.90 Å². The Morgan fingerprint density at radius 2 is 1.56 bits per heavy atom. The zero-order valence-corrected chi connectivity index (χ0v) is 16.0. The molecule has 0 fully saturated rings. The van der Waals surface area contributed by atoms with Crippen molar-refractivity contribution in [3.05, 3.63) is 65.4 Å². The van der Waals surface area contributed by atoms with Gasteiger partial charge in [0.25, 0.3) is 0 Å². The van der Waals surface area contributed by atoms with Crippen LogP contribution in [0.1, 0.15) is 36.7 Å². The first-order chi connectivity index (χ1) is 12.1. The van der Waals surface area contributed by atoms with Gasteiger partial charge in [0.2, 0.25) is 0 Å². The van der Waals surface area contributed by atoms with Gasteiger partial charge in [0.15, 0.2) is 0 Å². The van der Waals surface area contributed by atoms with E-state index in [0.717, 1.165) is 13.1 Å². The van der Waals surface area contributed by atoms with E-state index >= 15 is 0 Å². The van der Waals surface area contributed by atoms with E-state index in [1.165, 1.54) is 33.4 Å². The summed E-state index contributed by atoms with van der Waals surface area (Å²) in [6.07, 6.45) is 0. The van der Waals surface area contributed by atoms with Crippen molar-refractivity contribution in [2.24, 2.45) is 0 Å². The second kappa shape index (κ2) is 7.32. The molecular formula is C22H29N3. The molecule has 2 aromatic carbocycles. The number of aromatic amines is 1. The number of hydrogen-bond donors (Lipinski definition) is 1. The van der Waals surface area contributed by atoms with Crippen LogP contribution in [0.3, 0.4) is 0 Å². The van der Waals surface area contributed by atoms with Gasteiger partial charge in [-0.3, -0.25) is 4.90 Å². The average Bonchev–Trinajstić information content (AvgIpc) is 2.95. The van der Waals surface area contributed by atoms with Crippen LogP contribution in [0.5, 0.6) is 0 Å². The molecule has 0 spiro atoms. The van der Waals surface area contributed by atoms with Crippen molar-refractivity contribution in [1.29, 1.82) is 0 Å². The van der Waals surface area contributed by atoms with Crippen LogP contribution in [0, 0.1) is 6.92 Å². The molecule has 3 nitrogen and oxygen atoms in total. The van der Waals surface area contributed by atoms with Gasteiger partial charge in [-0.15, -0.1) is 0 Å². The largest absolute Gasteiger partial charge is 0.378 e. The first-order valence-corrected chi connectivity index (χ1v) is 9.15. The van der Waals surface area contributed by atoms with Gasteiger partial charge in [0, 0.05) is 41.9 Å². The van der Waals surface area contributed by atoms with Crippen molar-refractivity contribution in [1.82, 2.24) is 9.88 Å². The average molecular weight is 335 g/mol. The standard InChI is InChI=1S/C22H29N3/c1-6-25(7-2)22(17-12-14-18(15-13-17)24(4)5)21-16(3)23-20-11-9-8-10-19(20)21/h8-15,22-23H,6-7H2,1-5H3. The minimum Gasteiger partial charge on any atom is -0.378 e. The molecule has 1 unspecified atom stereocenters. The first kappa shape index (κ1) is 17.6. The number of H-pyrrole nitrogens is 1. The fraction of sp³-hybridized carbons (Fsp3) is 0.364. The molecule has 1 atom stereocenters. The van der Waals surface area contributed by atoms with Gasteiger partial charge in [0.05, 0.1) is 6.04 Å². The van der Waals surface area contributed by atoms with Crippen molar-refractivity contribution >= 4 is 16.6 Å². The monoisotopic (exact) mass is 335 g/mol. The Bertz CT molecular complexity index is 826. The zero-order valence-electron chi connectivity index (χ0n) is 16.0. The predicted octanol–water partition coefficient (Wildman–Crippen LogP) is 4.97. The first-order valence-electron chi connectivity index (χ1n) is 9.15. The number of nitrogens with one attached hydrogen (secondary N) is 1. The highest BCUT2D eigenvalue weighted by molar-refractivity contribution is 5.85. The Balaban J connectivity index is 2.16. The normalized spacial score (nSPS) is 12.7. The van der Waals surface area contributed by atoms with Crippen molar-refractivity contribution in [3.63, 3.8) is 0 Å². The van der Waals surface area contributed by atoms with Gasteiger partial charge < -0.3 is 9.88 Å². The smallest absolute Gasteiger partial charge is 0.0625 e. The molecule has 0 aliphatic rings. The third kappa shape index (κ3) is 3.29. The number of benzene rings is 2. The van der Waals surface area contributed by atoms with Crippen molar-refractivity contribution < 1.29 is 0 Å². The number of nitrogens with zero attached hydrogens (tertiary/aromatic N) is 2. The SMILES string of the molecule is CCN(CC)C(c1ccc(N(C)C)cc1)c1c(C)[nH]c2ccccc12. The predicted molar refractivity (Wildman–Crippen MR) is 109 cm³/mol. The van der Waals surface area contributed by atoms with E-state index in [1.54, 1.807) is 0 Å². The van der Waals surface area contributed by atoms with Crippen molar-refractivity contribution in [3.8, 4) is 0 Å². The molecule has 1 N–H and O–H groups in total. The van der Waals surface area contributed by atoms with Crippen LogP contribution in [0.15, 0.2) is 48.5 Å². The fourth-order valence-electron chi connectivity index (χ4n) is 3.75. The van der Waals surface area contributed by atoms with E-state index in [9.17, 15) is 0 Å². The minimum absolute atomic E-state index is 0.266. The molecule has 0 saturated heterocycles. The minimum atomic E-state index is 0.266. The number of aromatic nitrogens is 1. The summed E-state index contributed by atoms with van der Waals surface area (Å²) >= 11 is 0.